The van der Waals surface area contributed by atoms with Crippen molar-refractivity contribution in [2.75, 3.05) is 26.7 Å². The smallest absolute Gasteiger partial charge is 0.166 e. The first-order chi connectivity index (χ1) is 13.5. The molecule has 29 heavy (non-hydrogen) atoms. The van der Waals surface area contributed by atoms with E-state index in [-0.39, 0.29) is 30.1 Å². The zero-order chi connectivity index (χ0) is 22.1. The molecule has 0 radical (unpaired) electrons. The number of ketones is 2. The van der Waals surface area contributed by atoms with Gasteiger partial charge in [-0.3, -0.25) is 14.9 Å². The van der Waals surface area contributed by atoms with Crippen molar-refractivity contribution in [1.82, 2.24) is 15.5 Å². The van der Waals surface area contributed by atoms with Crippen molar-refractivity contribution in [2.24, 2.45) is 5.92 Å². The Morgan fingerprint density at radius 3 is 2.41 bits per heavy atom. The van der Waals surface area contributed by atoms with Crippen molar-refractivity contribution in [3.8, 4) is 0 Å². The van der Waals surface area contributed by atoms with Gasteiger partial charge in [-0.2, -0.15) is 0 Å². The predicted molar refractivity (Wildman–Crippen MR) is 122 cm³/mol. The van der Waals surface area contributed by atoms with Gasteiger partial charge in [0.25, 0.3) is 0 Å². The number of nitrogens with zero attached hydrogens (tertiary/aromatic N) is 1. The average molecular weight is 408 g/mol. The molecule has 0 saturated carbocycles. The molecule has 5 heteroatoms. The molecule has 2 atom stereocenters. The number of rotatable bonds is 4. The highest BCUT2D eigenvalue weighted by atomic mass is 16.1. The summed E-state index contributed by atoms with van der Waals surface area (Å²) in [5.74, 6) is 0.287. The number of likely N-dealkylation sites (N-methyl/N-ethyl adjacent to an activating group) is 1. The fourth-order valence-corrected chi connectivity index (χ4v) is 4.24. The van der Waals surface area contributed by atoms with Crippen LogP contribution >= 0.6 is 0 Å². The maximum Gasteiger partial charge on any atom is 0.166 e. The fourth-order valence-electron chi connectivity index (χ4n) is 4.24. The summed E-state index contributed by atoms with van der Waals surface area (Å²) in [6.07, 6.45) is 10.1. The van der Waals surface area contributed by atoms with Crippen LogP contribution in [0.4, 0.5) is 0 Å². The summed E-state index contributed by atoms with van der Waals surface area (Å²) in [6.45, 7) is 14.2. The summed E-state index contributed by atoms with van der Waals surface area (Å²) in [7, 11) is 2.13. The Morgan fingerprint density at radius 2 is 1.79 bits per heavy atom. The molecule has 1 aliphatic rings. The molecule has 0 aromatic rings. The molecule has 1 aliphatic heterocycles. The first-order valence-corrected chi connectivity index (χ1v) is 11.4. The van der Waals surface area contributed by atoms with E-state index < -0.39 is 11.1 Å². The Morgan fingerprint density at radius 1 is 1.10 bits per heavy atom. The van der Waals surface area contributed by atoms with Crippen LogP contribution < -0.4 is 10.6 Å². The standard InChI is InChI=1S/C24H45N3O2/c1-19(2)22(29)24(6)14-11-9-8-10-12-16-27(7)17-13-15-23(5,26-20(3)4)21(28)18-25-24/h10,12,19-20,25-26H,8-9,11,13-18H2,1-7H3/t23-,24+/m1/s1. The monoisotopic (exact) mass is 407 g/mol. The van der Waals surface area contributed by atoms with Crippen LogP contribution in [0.3, 0.4) is 0 Å². The zero-order valence-electron chi connectivity index (χ0n) is 19.9. The molecule has 5 nitrogen and oxygen atoms in total. The molecule has 0 unspecified atom stereocenters. The fraction of sp³-hybridized carbons (Fsp3) is 0.833. The second-order valence-electron chi connectivity index (χ2n) is 9.84. The Bertz CT molecular complexity index is 558. The Kier molecular flexibility index (Phi) is 10.7. The molecule has 0 aromatic carbocycles. The Balaban J connectivity index is 3.04. The topological polar surface area (TPSA) is 61.4 Å². The lowest BCUT2D eigenvalue weighted by atomic mass is 9.83. The van der Waals surface area contributed by atoms with Crippen molar-refractivity contribution in [1.29, 1.82) is 0 Å². The van der Waals surface area contributed by atoms with Crippen LogP contribution in [-0.4, -0.2) is 60.3 Å². The second kappa shape index (κ2) is 12.0. The Hall–Kier alpha value is -1.04. The van der Waals surface area contributed by atoms with Gasteiger partial charge in [-0.1, -0.05) is 32.4 Å². The molecule has 1 heterocycles. The van der Waals surface area contributed by atoms with E-state index in [1.165, 1.54) is 0 Å². The van der Waals surface area contributed by atoms with Crippen LogP contribution in [0.25, 0.3) is 0 Å². The second-order valence-corrected chi connectivity index (χ2v) is 9.84. The van der Waals surface area contributed by atoms with Crippen LogP contribution in [0.2, 0.25) is 0 Å². The van der Waals surface area contributed by atoms with E-state index in [1.54, 1.807) is 0 Å². The van der Waals surface area contributed by atoms with Crippen LogP contribution in [0.15, 0.2) is 12.2 Å². The van der Waals surface area contributed by atoms with Crippen molar-refractivity contribution < 1.29 is 9.59 Å². The van der Waals surface area contributed by atoms with Gasteiger partial charge in [0.05, 0.1) is 17.6 Å². The van der Waals surface area contributed by atoms with Crippen molar-refractivity contribution >= 4 is 11.6 Å². The Labute approximate surface area is 179 Å². The molecule has 0 fully saturated rings. The first kappa shape index (κ1) is 26.0. The van der Waals surface area contributed by atoms with Crippen molar-refractivity contribution in [3.63, 3.8) is 0 Å². The first-order valence-electron chi connectivity index (χ1n) is 11.4. The lowest BCUT2D eigenvalue weighted by Gasteiger charge is -2.36. The SMILES string of the molecule is CC(C)N[C@]1(C)CCCN(C)CC=CCCCC[C@@](C)(C(=O)C(C)C)NCC1=O. The van der Waals surface area contributed by atoms with Crippen molar-refractivity contribution in [3.05, 3.63) is 12.2 Å². The third kappa shape index (κ3) is 8.69. The molecule has 0 amide bonds. The normalized spacial score (nSPS) is 29.5. The number of allylic oxidation sites excluding steroid dienone is 1. The van der Waals surface area contributed by atoms with E-state index >= 15 is 0 Å². The van der Waals surface area contributed by atoms with Crippen LogP contribution in [0, 0.1) is 5.92 Å². The van der Waals surface area contributed by atoms with Crippen LogP contribution in [0.1, 0.15) is 80.1 Å². The highest BCUT2D eigenvalue weighted by Crippen LogP contribution is 2.22. The van der Waals surface area contributed by atoms with Crippen molar-refractivity contribution in [2.45, 2.75) is 97.2 Å². The molecule has 2 N–H and O–H groups in total. The van der Waals surface area contributed by atoms with E-state index in [4.69, 9.17) is 0 Å². The van der Waals surface area contributed by atoms with Gasteiger partial charge >= 0.3 is 0 Å². The number of hydrogen-bond donors (Lipinski definition) is 2. The summed E-state index contributed by atoms with van der Waals surface area (Å²) in [5.41, 5.74) is -1.24. The number of hydrogen-bond acceptors (Lipinski definition) is 5. The van der Waals surface area contributed by atoms with E-state index in [0.29, 0.717) is 0 Å². The minimum Gasteiger partial charge on any atom is -0.303 e. The van der Waals surface area contributed by atoms with Gasteiger partial charge in [0.1, 0.15) is 0 Å². The van der Waals surface area contributed by atoms with Gasteiger partial charge in [0, 0.05) is 18.5 Å². The molecular formula is C24H45N3O2. The number of carbonyl (C=O) groups is 2. The lowest BCUT2D eigenvalue weighted by molar-refractivity contribution is -0.129. The van der Waals surface area contributed by atoms with E-state index in [2.05, 4.69) is 48.6 Å². The molecule has 0 aliphatic carbocycles. The maximum absolute atomic E-state index is 13.3. The highest BCUT2D eigenvalue weighted by molar-refractivity contribution is 5.93. The van der Waals surface area contributed by atoms with E-state index in [9.17, 15) is 9.59 Å². The number of carbonyl (C=O) groups excluding carboxylic acids is 2. The molecular weight excluding hydrogens is 362 g/mol. The molecule has 168 valence electrons. The van der Waals surface area contributed by atoms with Gasteiger partial charge in [-0.25, -0.2) is 0 Å². The molecule has 0 spiro atoms. The predicted octanol–water partition coefficient (Wildman–Crippen LogP) is 3.73. The van der Waals surface area contributed by atoms with Crippen LogP contribution in [0.5, 0.6) is 0 Å². The quantitative estimate of drug-likeness (QED) is 0.696. The molecule has 0 aromatic heterocycles. The molecule has 0 bridgehead atoms. The van der Waals surface area contributed by atoms with Crippen LogP contribution in [-0.2, 0) is 9.59 Å². The summed E-state index contributed by atoms with van der Waals surface area (Å²) >= 11 is 0. The minimum atomic E-state index is -0.649. The van der Waals surface area contributed by atoms with E-state index in [1.807, 2.05) is 27.7 Å². The van der Waals surface area contributed by atoms with Gasteiger partial charge in [0.2, 0.25) is 0 Å². The average Bonchev–Trinajstić information content (AvgIpc) is 2.63. The van der Waals surface area contributed by atoms with Gasteiger partial charge in [-0.05, 0) is 73.4 Å². The maximum atomic E-state index is 13.3. The van der Waals surface area contributed by atoms with Gasteiger partial charge in [0.15, 0.2) is 11.6 Å². The summed E-state index contributed by atoms with van der Waals surface area (Å²) in [4.78, 5) is 28.5. The van der Waals surface area contributed by atoms with E-state index in [0.717, 1.165) is 51.6 Å². The third-order valence-electron chi connectivity index (χ3n) is 6.03. The minimum absolute atomic E-state index is 0.0520. The summed E-state index contributed by atoms with van der Waals surface area (Å²) in [5, 5.41) is 6.88. The number of nitrogens with one attached hydrogen (secondary N) is 2. The zero-order valence-corrected chi connectivity index (χ0v) is 19.9. The van der Waals surface area contributed by atoms with Gasteiger partial charge in [-0.15, -0.1) is 0 Å². The number of Topliss-reactive ketones (excluding diaryl/α,β-unsaturated/α-hetero) is 2. The highest BCUT2D eigenvalue weighted by Gasteiger charge is 2.37. The summed E-state index contributed by atoms with van der Waals surface area (Å²) < 4.78 is 0. The van der Waals surface area contributed by atoms with Gasteiger partial charge < -0.3 is 10.2 Å². The lowest BCUT2D eigenvalue weighted by Crippen LogP contribution is -2.59. The summed E-state index contributed by atoms with van der Waals surface area (Å²) in [6, 6.07) is 0.221. The third-order valence-corrected chi connectivity index (χ3v) is 6.03. The largest absolute Gasteiger partial charge is 0.303 e. The molecule has 1 rings (SSSR count). The molecule has 0 saturated heterocycles.